The predicted octanol–water partition coefficient (Wildman–Crippen LogP) is 2.28. The van der Waals surface area contributed by atoms with Crippen LogP contribution in [0.5, 0.6) is 0 Å². The molecule has 1 aromatic rings. The van der Waals surface area contributed by atoms with Crippen molar-refractivity contribution >= 4 is 27.5 Å². The molecule has 154 valence electrons. The summed E-state index contributed by atoms with van der Waals surface area (Å²) in [5, 5.41) is 5.81. The standard InChI is InChI=1S/C20H29N3O4S/c1-3-14(2)21-20(25)15-9-11-23(12-10-15)28(26,27)17-7-8-18-16(13-17)5-4-6-19(24)22-18/h7-8,13-15H,3-6,9-12H2,1-2H3,(H,21,25)(H,22,24)/t14-/m0/s1. The van der Waals surface area contributed by atoms with Gasteiger partial charge in [0.25, 0.3) is 0 Å². The van der Waals surface area contributed by atoms with E-state index in [-0.39, 0.29) is 28.7 Å². The summed E-state index contributed by atoms with van der Waals surface area (Å²) in [6.45, 7) is 4.67. The summed E-state index contributed by atoms with van der Waals surface area (Å²) < 4.78 is 27.6. The van der Waals surface area contributed by atoms with Crippen LogP contribution < -0.4 is 10.6 Å². The van der Waals surface area contributed by atoms with Crippen molar-refractivity contribution in [3.05, 3.63) is 23.8 Å². The highest BCUT2D eigenvalue weighted by atomic mass is 32.2. The number of sulfonamides is 1. The number of nitrogens with one attached hydrogen (secondary N) is 2. The van der Waals surface area contributed by atoms with Gasteiger partial charge in [0.2, 0.25) is 21.8 Å². The minimum Gasteiger partial charge on any atom is -0.353 e. The maximum atomic E-state index is 13.1. The molecule has 28 heavy (non-hydrogen) atoms. The highest BCUT2D eigenvalue weighted by molar-refractivity contribution is 7.89. The average molecular weight is 408 g/mol. The van der Waals surface area contributed by atoms with Crippen molar-refractivity contribution in [2.24, 2.45) is 5.92 Å². The topological polar surface area (TPSA) is 95.6 Å². The lowest BCUT2D eigenvalue weighted by molar-refractivity contribution is -0.126. The maximum Gasteiger partial charge on any atom is 0.243 e. The fourth-order valence-corrected chi connectivity index (χ4v) is 5.20. The summed E-state index contributed by atoms with van der Waals surface area (Å²) >= 11 is 0. The first-order valence-electron chi connectivity index (χ1n) is 10.0. The fourth-order valence-electron chi connectivity index (χ4n) is 3.68. The summed E-state index contributed by atoms with van der Waals surface area (Å²) in [5.74, 6) is -0.151. The van der Waals surface area contributed by atoms with Crippen LogP contribution in [0.25, 0.3) is 0 Å². The van der Waals surface area contributed by atoms with Gasteiger partial charge >= 0.3 is 0 Å². The summed E-state index contributed by atoms with van der Waals surface area (Å²) in [6, 6.07) is 5.05. The molecule has 2 aliphatic heterocycles. The first-order chi connectivity index (χ1) is 13.3. The summed E-state index contributed by atoms with van der Waals surface area (Å²) in [6.07, 6.45) is 3.76. The Kier molecular flexibility index (Phi) is 6.40. The molecule has 7 nitrogen and oxygen atoms in total. The highest BCUT2D eigenvalue weighted by Crippen LogP contribution is 2.29. The second-order valence-corrected chi connectivity index (χ2v) is 9.65. The Morgan fingerprint density at radius 3 is 2.68 bits per heavy atom. The molecule has 1 fully saturated rings. The van der Waals surface area contributed by atoms with Gasteiger partial charge in [-0.1, -0.05) is 6.92 Å². The largest absolute Gasteiger partial charge is 0.353 e. The van der Waals surface area contributed by atoms with Crippen LogP contribution in [0.4, 0.5) is 5.69 Å². The lowest BCUT2D eigenvalue weighted by Gasteiger charge is -2.31. The van der Waals surface area contributed by atoms with E-state index in [1.165, 1.54) is 4.31 Å². The van der Waals surface area contributed by atoms with E-state index >= 15 is 0 Å². The van der Waals surface area contributed by atoms with E-state index in [1.54, 1.807) is 18.2 Å². The van der Waals surface area contributed by atoms with Gasteiger partial charge in [0.1, 0.15) is 0 Å². The fraction of sp³-hybridized carbons (Fsp3) is 0.600. The Hall–Kier alpha value is -1.93. The summed E-state index contributed by atoms with van der Waals surface area (Å²) in [7, 11) is -3.61. The molecule has 0 aliphatic carbocycles. The smallest absolute Gasteiger partial charge is 0.243 e. The number of carbonyl (C=O) groups is 2. The third-order valence-corrected chi connectivity index (χ3v) is 7.56. The zero-order valence-corrected chi connectivity index (χ0v) is 17.3. The van der Waals surface area contributed by atoms with Gasteiger partial charge in [0, 0.05) is 37.2 Å². The number of nitrogens with zero attached hydrogens (tertiary/aromatic N) is 1. The molecule has 2 heterocycles. The van der Waals surface area contributed by atoms with Crippen molar-refractivity contribution in [3.8, 4) is 0 Å². The van der Waals surface area contributed by atoms with Crippen LogP contribution >= 0.6 is 0 Å². The number of aryl methyl sites for hydroxylation is 1. The number of anilines is 1. The number of hydrogen-bond donors (Lipinski definition) is 2. The number of fused-ring (bicyclic) bond motifs is 1. The molecule has 0 saturated carbocycles. The van der Waals surface area contributed by atoms with Crippen LogP contribution in [0.3, 0.4) is 0 Å². The quantitative estimate of drug-likeness (QED) is 0.783. The van der Waals surface area contributed by atoms with Crippen LogP contribution in [0, 0.1) is 5.92 Å². The molecular weight excluding hydrogens is 378 g/mol. The van der Waals surface area contributed by atoms with E-state index in [0.29, 0.717) is 50.9 Å². The van der Waals surface area contributed by atoms with Gasteiger partial charge in [-0.3, -0.25) is 9.59 Å². The van der Waals surface area contributed by atoms with E-state index in [2.05, 4.69) is 10.6 Å². The maximum absolute atomic E-state index is 13.1. The number of carbonyl (C=O) groups excluding carboxylic acids is 2. The molecule has 1 saturated heterocycles. The average Bonchev–Trinajstić information content (AvgIpc) is 2.87. The number of piperidine rings is 1. The Morgan fingerprint density at radius 2 is 2.00 bits per heavy atom. The lowest BCUT2D eigenvalue weighted by Crippen LogP contribution is -2.44. The minimum absolute atomic E-state index is 0.0205. The lowest BCUT2D eigenvalue weighted by atomic mass is 9.97. The number of benzene rings is 1. The first kappa shape index (κ1) is 20.8. The molecule has 3 rings (SSSR count). The van der Waals surface area contributed by atoms with Gasteiger partial charge < -0.3 is 10.6 Å². The van der Waals surface area contributed by atoms with Crippen molar-refractivity contribution in [3.63, 3.8) is 0 Å². The zero-order valence-electron chi connectivity index (χ0n) is 16.5. The summed E-state index contributed by atoms with van der Waals surface area (Å²) in [4.78, 5) is 24.2. The molecule has 0 bridgehead atoms. The molecule has 2 aliphatic rings. The molecule has 1 aromatic carbocycles. The minimum atomic E-state index is -3.61. The number of amides is 2. The summed E-state index contributed by atoms with van der Waals surface area (Å²) in [5.41, 5.74) is 1.55. The third-order valence-electron chi connectivity index (χ3n) is 5.66. The van der Waals surface area contributed by atoms with Gasteiger partial charge in [-0.15, -0.1) is 0 Å². The van der Waals surface area contributed by atoms with Crippen LogP contribution in [0.1, 0.15) is 51.5 Å². The first-order valence-corrected chi connectivity index (χ1v) is 11.5. The highest BCUT2D eigenvalue weighted by Gasteiger charge is 2.32. The van der Waals surface area contributed by atoms with E-state index in [4.69, 9.17) is 0 Å². The molecule has 0 radical (unpaired) electrons. The Morgan fingerprint density at radius 1 is 1.29 bits per heavy atom. The van der Waals surface area contributed by atoms with Crippen molar-refractivity contribution < 1.29 is 18.0 Å². The second-order valence-electron chi connectivity index (χ2n) is 7.72. The molecule has 1 atom stereocenters. The second kappa shape index (κ2) is 8.61. The molecule has 2 amide bonds. The van der Waals surface area contributed by atoms with Crippen LogP contribution in [-0.4, -0.2) is 43.7 Å². The van der Waals surface area contributed by atoms with Gasteiger partial charge in [0.15, 0.2) is 0 Å². The predicted molar refractivity (Wildman–Crippen MR) is 107 cm³/mol. The van der Waals surface area contributed by atoms with Crippen molar-refractivity contribution in [1.29, 1.82) is 0 Å². The normalized spacial score (nSPS) is 20.0. The zero-order chi connectivity index (χ0) is 20.3. The molecule has 0 aromatic heterocycles. The van der Waals surface area contributed by atoms with E-state index in [9.17, 15) is 18.0 Å². The Labute approximate surface area is 166 Å². The van der Waals surface area contributed by atoms with Gasteiger partial charge in [-0.25, -0.2) is 8.42 Å². The van der Waals surface area contributed by atoms with Gasteiger partial charge in [-0.2, -0.15) is 4.31 Å². The molecule has 0 spiro atoms. The third kappa shape index (κ3) is 4.55. The van der Waals surface area contributed by atoms with Crippen LogP contribution in [-0.2, 0) is 26.0 Å². The van der Waals surface area contributed by atoms with Gasteiger partial charge in [0.05, 0.1) is 4.90 Å². The number of rotatable bonds is 5. The van der Waals surface area contributed by atoms with Crippen molar-refractivity contribution in [1.82, 2.24) is 9.62 Å². The van der Waals surface area contributed by atoms with E-state index < -0.39 is 10.0 Å². The Balaban J connectivity index is 1.68. The monoisotopic (exact) mass is 407 g/mol. The molecule has 2 N–H and O–H groups in total. The van der Waals surface area contributed by atoms with Crippen molar-refractivity contribution in [2.75, 3.05) is 18.4 Å². The van der Waals surface area contributed by atoms with E-state index in [1.807, 2.05) is 13.8 Å². The van der Waals surface area contributed by atoms with Gasteiger partial charge in [-0.05, 0) is 62.8 Å². The molecule has 0 unspecified atom stereocenters. The van der Waals surface area contributed by atoms with Crippen molar-refractivity contribution in [2.45, 2.75) is 63.3 Å². The molecular formula is C20H29N3O4S. The SMILES string of the molecule is CC[C@H](C)NC(=O)C1CCN(S(=O)(=O)c2ccc3c(c2)CCCC(=O)N3)CC1. The van der Waals surface area contributed by atoms with E-state index in [0.717, 1.165) is 12.0 Å². The van der Waals surface area contributed by atoms with Crippen LogP contribution in [0.2, 0.25) is 0 Å². The molecule has 8 heteroatoms. The Bertz CT molecular complexity index is 845. The van der Waals surface area contributed by atoms with Crippen LogP contribution in [0.15, 0.2) is 23.1 Å². The number of hydrogen-bond acceptors (Lipinski definition) is 4.